The van der Waals surface area contributed by atoms with Crippen LogP contribution in [0.25, 0.3) is 0 Å². The van der Waals surface area contributed by atoms with Gasteiger partial charge in [-0.05, 0) is 42.0 Å². The molecule has 1 atom stereocenters. The van der Waals surface area contributed by atoms with Gasteiger partial charge in [-0.1, -0.05) is 26.8 Å². The van der Waals surface area contributed by atoms with Gasteiger partial charge in [-0.2, -0.15) is 0 Å². The summed E-state index contributed by atoms with van der Waals surface area (Å²) in [5.41, 5.74) is 0.548. The molecule has 0 heterocycles. The molecule has 21 heavy (non-hydrogen) atoms. The molecule has 2 aromatic rings. The normalized spacial score (nSPS) is 12.9. The summed E-state index contributed by atoms with van der Waals surface area (Å²) in [7, 11) is 0. The van der Waals surface area contributed by atoms with Crippen LogP contribution in [0.15, 0.2) is 42.5 Å². The second-order valence-electron chi connectivity index (χ2n) is 6.11. The minimum absolute atomic E-state index is 0.156. The van der Waals surface area contributed by atoms with Crippen molar-refractivity contribution in [3.63, 3.8) is 0 Å². The van der Waals surface area contributed by atoms with Crippen molar-refractivity contribution < 1.29 is 20.1 Å². The van der Waals surface area contributed by atoms with Crippen LogP contribution in [-0.2, 0) is 0 Å². The first-order chi connectivity index (χ1) is 9.77. The van der Waals surface area contributed by atoms with Crippen LogP contribution in [0.1, 0.15) is 32.4 Å². The van der Waals surface area contributed by atoms with Crippen molar-refractivity contribution in [3.8, 4) is 23.0 Å². The van der Waals surface area contributed by atoms with Gasteiger partial charge in [-0.15, -0.1) is 0 Å². The van der Waals surface area contributed by atoms with Gasteiger partial charge < -0.3 is 20.1 Å². The number of phenols is 3. The van der Waals surface area contributed by atoms with Crippen molar-refractivity contribution in [2.75, 3.05) is 0 Å². The number of ether oxygens (including phenoxy) is 1. The lowest BCUT2D eigenvalue weighted by Crippen LogP contribution is -2.23. The largest absolute Gasteiger partial charge is 0.508 e. The molecule has 0 radical (unpaired) electrons. The average molecular weight is 288 g/mol. The van der Waals surface area contributed by atoms with Crippen molar-refractivity contribution >= 4 is 0 Å². The molecule has 0 spiro atoms. The molecule has 0 amide bonds. The highest BCUT2D eigenvalue weighted by molar-refractivity contribution is 5.42. The zero-order valence-corrected chi connectivity index (χ0v) is 12.4. The summed E-state index contributed by atoms with van der Waals surface area (Å²) in [5, 5.41) is 28.4. The number of rotatable bonds is 3. The molecule has 0 saturated carbocycles. The van der Waals surface area contributed by atoms with Crippen molar-refractivity contribution in [1.82, 2.24) is 0 Å². The van der Waals surface area contributed by atoms with E-state index in [2.05, 4.69) is 0 Å². The van der Waals surface area contributed by atoms with E-state index in [1.807, 2.05) is 20.8 Å². The Kier molecular flexibility index (Phi) is 3.98. The predicted octanol–water partition coefficient (Wildman–Crippen LogP) is 3.97. The summed E-state index contributed by atoms with van der Waals surface area (Å²) >= 11 is 0. The van der Waals surface area contributed by atoms with Gasteiger partial charge in [-0.25, -0.2) is 0 Å². The van der Waals surface area contributed by atoms with Gasteiger partial charge in [0.2, 0.25) is 0 Å². The lowest BCUT2D eigenvalue weighted by atomic mass is 9.84. The van der Waals surface area contributed by atoms with Gasteiger partial charge in [0.05, 0.1) is 0 Å². The maximum Gasteiger partial charge on any atom is 0.157 e. The zero-order valence-electron chi connectivity index (χ0n) is 12.4. The van der Waals surface area contributed by atoms with E-state index in [0.717, 1.165) is 5.56 Å². The topological polar surface area (TPSA) is 69.9 Å². The maximum atomic E-state index is 9.68. The molecular formula is C17H20O4. The van der Waals surface area contributed by atoms with Crippen LogP contribution in [0, 0.1) is 5.41 Å². The summed E-state index contributed by atoms with van der Waals surface area (Å²) < 4.78 is 6.01. The fourth-order valence-electron chi connectivity index (χ4n) is 2.11. The molecule has 2 aromatic carbocycles. The van der Waals surface area contributed by atoms with Crippen LogP contribution < -0.4 is 4.74 Å². The van der Waals surface area contributed by atoms with Gasteiger partial charge in [0.25, 0.3) is 0 Å². The fraction of sp³-hybridized carbons (Fsp3) is 0.294. The second kappa shape index (κ2) is 5.56. The maximum absolute atomic E-state index is 9.68. The quantitative estimate of drug-likeness (QED) is 0.747. The molecule has 0 aliphatic rings. The average Bonchev–Trinajstić information content (AvgIpc) is 2.40. The predicted molar refractivity (Wildman–Crippen MR) is 80.7 cm³/mol. The molecule has 0 bridgehead atoms. The molecule has 0 saturated heterocycles. The lowest BCUT2D eigenvalue weighted by Gasteiger charge is -2.31. The SMILES string of the molecule is CC(C)(C)C(Oc1ccc(O)cc1)c1ccc(O)c(O)c1. The summed E-state index contributed by atoms with van der Waals surface area (Å²) in [6.45, 7) is 6.09. The van der Waals surface area contributed by atoms with Crippen LogP contribution >= 0.6 is 0 Å². The number of phenolic OH excluding ortho intramolecular Hbond substituents is 3. The Hall–Kier alpha value is -2.36. The molecule has 0 aliphatic carbocycles. The summed E-state index contributed by atoms with van der Waals surface area (Å²) in [5.74, 6) is 0.476. The molecular weight excluding hydrogens is 268 g/mol. The molecule has 1 unspecified atom stereocenters. The molecule has 3 N–H and O–H groups in total. The first-order valence-corrected chi connectivity index (χ1v) is 6.75. The molecule has 0 fully saturated rings. The van der Waals surface area contributed by atoms with Crippen LogP contribution in [0.2, 0.25) is 0 Å². The van der Waals surface area contributed by atoms with E-state index in [9.17, 15) is 15.3 Å². The molecule has 4 nitrogen and oxygen atoms in total. The monoisotopic (exact) mass is 288 g/mol. The first-order valence-electron chi connectivity index (χ1n) is 6.75. The van der Waals surface area contributed by atoms with Crippen LogP contribution in [0.4, 0.5) is 0 Å². The van der Waals surface area contributed by atoms with Crippen LogP contribution in [0.5, 0.6) is 23.0 Å². The Morgan fingerprint density at radius 1 is 0.857 bits per heavy atom. The lowest BCUT2D eigenvalue weighted by molar-refractivity contribution is 0.0865. The van der Waals surface area contributed by atoms with E-state index in [4.69, 9.17) is 4.74 Å². The van der Waals surface area contributed by atoms with Crippen molar-refractivity contribution in [2.24, 2.45) is 5.41 Å². The summed E-state index contributed by atoms with van der Waals surface area (Å²) in [6, 6.07) is 11.2. The first kappa shape index (κ1) is 15.0. The van der Waals surface area contributed by atoms with Crippen molar-refractivity contribution in [3.05, 3.63) is 48.0 Å². The van der Waals surface area contributed by atoms with E-state index >= 15 is 0 Å². The van der Waals surface area contributed by atoms with Gasteiger partial charge in [0.15, 0.2) is 11.5 Å². The smallest absolute Gasteiger partial charge is 0.157 e. The molecule has 4 heteroatoms. The number of hydrogen-bond acceptors (Lipinski definition) is 4. The third kappa shape index (κ3) is 3.60. The van der Waals surface area contributed by atoms with E-state index < -0.39 is 0 Å². The number of hydrogen-bond donors (Lipinski definition) is 3. The Labute approximate surface area is 124 Å². The van der Waals surface area contributed by atoms with Gasteiger partial charge in [-0.3, -0.25) is 0 Å². The third-order valence-electron chi connectivity index (χ3n) is 3.18. The fourth-order valence-corrected chi connectivity index (χ4v) is 2.11. The summed E-state index contributed by atoms with van der Waals surface area (Å²) in [4.78, 5) is 0. The molecule has 0 aliphatic heterocycles. The van der Waals surface area contributed by atoms with E-state index in [1.54, 1.807) is 30.3 Å². The third-order valence-corrected chi connectivity index (χ3v) is 3.18. The van der Waals surface area contributed by atoms with Gasteiger partial charge in [0.1, 0.15) is 17.6 Å². The van der Waals surface area contributed by atoms with Gasteiger partial charge >= 0.3 is 0 Å². The van der Waals surface area contributed by atoms with Gasteiger partial charge in [0, 0.05) is 5.41 Å². The Morgan fingerprint density at radius 3 is 2.00 bits per heavy atom. The Bertz CT molecular complexity index is 612. The zero-order chi connectivity index (χ0) is 15.6. The minimum atomic E-state index is -0.312. The Balaban J connectivity index is 2.34. The van der Waals surface area contributed by atoms with Crippen molar-refractivity contribution in [1.29, 1.82) is 0 Å². The standard InChI is InChI=1S/C17H20O4/c1-17(2,3)16(11-4-9-14(19)15(20)10-11)21-13-7-5-12(18)6-8-13/h4-10,16,18-20H,1-3H3. The highest BCUT2D eigenvalue weighted by atomic mass is 16.5. The van der Waals surface area contributed by atoms with Crippen LogP contribution in [-0.4, -0.2) is 15.3 Å². The van der Waals surface area contributed by atoms with Crippen LogP contribution in [0.3, 0.4) is 0 Å². The summed E-state index contributed by atoms with van der Waals surface area (Å²) in [6.07, 6.45) is -0.312. The minimum Gasteiger partial charge on any atom is -0.508 e. The van der Waals surface area contributed by atoms with Crippen molar-refractivity contribution in [2.45, 2.75) is 26.9 Å². The highest BCUT2D eigenvalue weighted by Gasteiger charge is 2.29. The van der Waals surface area contributed by atoms with E-state index in [1.165, 1.54) is 12.1 Å². The van der Waals surface area contributed by atoms with E-state index in [0.29, 0.717) is 5.75 Å². The van der Waals surface area contributed by atoms with E-state index in [-0.39, 0.29) is 28.8 Å². The molecule has 112 valence electrons. The molecule has 2 rings (SSSR count). The molecule has 0 aromatic heterocycles. The number of aromatic hydroxyl groups is 3. The second-order valence-corrected chi connectivity index (χ2v) is 6.11. The highest BCUT2D eigenvalue weighted by Crippen LogP contribution is 2.39. The number of benzene rings is 2. The Morgan fingerprint density at radius 2 is 1.48 bits per heavy atom.